The zero-order chi connectivity index (χ0) is 15.4. The van der Waals surface area contributed by atoms with Crippen molar-refractivity contribution in [2.45, 2.75) is 38.1 Å². The molecule has 1 amide bonds. The first-order valence-electron chi connectivity index (χ1n) is 7.88. The van der Waals surface area contributed by atoms with E-state index in [1.54, 1.807) is 10.9 Å². The SMILES string of the molecule is NC1CCCCC1CC(=O)Nc1ccc(-n2cccn2)cc1. The normalized spacial score (nSPS) is 21.5. The van der Waals surface area contributed by atoms with E-state index in [9.17, 15) is 4.79 Å². The van der Waals surface area contributed by atoms with Crippen molar-refractivity contribution in [1.82, 2.24) is 9.78 Å². The third kappa shape index (κ3) is 3.54. The Labute approximate surface area is 130 Å². The minimum absolute atomic E-state index is 0.0502. The monoisotopic (exact) mass is 298 g/mol. The van der Waals surface area contributed by atoms with Gasteiger partial charge in [-0.3, -0.25) is 4.79 Å². The van der Waals surface area contributed by atoms with Gasteiger partial charge in [0.2, 0.25) is 5.91 Å². The van der Waals surface area contributed by atoms with Crippen molar-refractivity contribution < 1.29 is 4.79 Å². The number of rotatable bonds is 4. The van der Waals surface area contributed by atoms with Crippen LogP contribution >= 0.6 is 0 Å². The van der Waals surface area contributed by atoms with E-state index < -0.39 is 0 Å². The molecule has 1 aliphatic carbocycles. The lowest BCUT2D eigenvalue weighted by atomic mass is 9.83. The Balaban J connectivity index is 1.57. The molecule has 1 heterocycles. The molecule has 0 bridgehead atoms. The molecule has 5 heteroatoms. The van der Waals surface area contributed by atoms with Crippen LogP contribution in [0.5, 0.6) is 0 Å². The Morgan fingerprint density at radius 3 is 2.73 bits per heavy atom. The molecule has 1 aliphatic rings. The molecule has 3 rings (SSSR count). The first-order valence-corrected chi connectivity index (χ1v) is 7.88. The van der Waals surface area contributed by atoms with Gasteiger partial charge in [0.25, 0.3) is 0 Å². The summed E-state index contributed by atoms with van der Waals surface area (Å²) in [7, 11) is 0. The molecule has 2 aromatic rings. The molecule has 1 aromatic heterocycles. The fourth-order valence-electron chi connectivity index (χ4n) is 3.06. The number of nitrogens with one attached hydrogen (secondary N) is 1. The number of carbonyl (C=O) groups excluding carboxylic acids is 1. The van der Waals surface area contributed by atoms with Crippen molar-refractivity contribution in [2.24, 2.45) is 11.7 Å². The second-order valence-corrected chi connectivity index (χ2v) is 5.96. The maximum atomic E-state index is 12.2. The predicted molar refractivity (Wildman–Crippen MR) is 86.7 cm³/mol. The van der Waals surface area contributed by atoms with Crippen LogP contribution < -0.4 is 11.1 Å². The van der Waals surface area contributed by atoms with Gasteiger partial charge in [0.15, 0.2) is 0 Å². The Hall–Kier alpha value is -2.14. The van der Waals surface area contributed by atoms with Gasteiger partial charge in [-0.2, -0.15) is 5.10 Å². The minimum Gasteiger partial charge on any atom is -0.327 e. The van der Waals surface area contributed by atoms with Crippen molar-refractivity contribution in [3.8, 4) is 5.69 Å². The number of carbonyl (C=O) groups is 1. The minimum atomic E-state index is 0.0502. The number of aromatic nitrogens is 2. The molecule has 116 valence electrons. The van der Waals surface area contributed by atoms with E-state index in [1.165, 1.54) is 12.8 Å². The van der Waals surface area contributed by atoms with Gasteiger partial charge in [0.1, 0.15) is 0 Å². The van der Waals surface area contributed by atoms with Crippen LogP contribution in [-0.4, -0.2) is 21.7 Å². The van der Waals surface area contributed by atoms with E-state index in [-0.39, 0.29) is 11.9 Å². The number of amides is 1. The van der Waals surface area contributed by atoms with Crippen molar-refractivity contribution >= 4 is 11.6 Å². The van der Waals surface area contributed by atoms with Crippen molar-refractivity contribution in [3.63, 3.8) is 0 Å². The standard InChI is InChI=1S/C17H22N4O/c18-16-5-2-1-4-13(16)12-17(22)20-14-6-8-15(9-7-14)21-11-3-10-19-21/h3,6-11,13,16H,1-2,4-5,12,18H2,(H,20,22). The topological polar surface area (TPSA) is 72.9 Å². The highest BCUT2D eigenvalue weighted by Gasteiger charge is 2.24. The molecule has 5 nitrogen and oxygen atoms in total. The van der Waals surface area contributed by atoms with Crippen LogP contribution in [-0.2, 0) is 4.79 Å². The summed E-state index contributed by atoms with van der Waals surface area (Å²) < 4.78 is 1.78. The molecular weight excluding hydrogens is 276 g/mol. The second-order valence-electron chi connectivity index (χ2n) is 5.96. The highest BCUT2D eigenvalue weighted by molar-refractivity contribution is 5.91. The molecule has 0 saturated heterocycles. The Morgan fingerprint density at radius 1 is 1.27 bits per heavy atom. The maximum absolute atomic E-state index is 12.2. The molecule has 0 aliphatic heterocycles. The molecule has 0 radical (unpaired) electrons. The maximum Gasteiger partial charge on any atom is 0.224 e. The van der Waals surface area contributed by atoms with Crippen LogP contribution in [0.15, 0.2) is 42.7 Å². The molecule has 22 heavy (non-hydrogen) atoms. The number of hydrogen-bond donors (Lipinski definition) is 2. The van der Waals surface area contributed by atoms with Crippen LogP contribution in [0.2, 0.25) is 0 Å². The average molecular weight is 298 g/mol. The summed E-state index contributed by atoms with van der Waals surface area (Å²) in [6, 6.07) is 9.72. The lowest BCUT2D eigenvalue weighted by molar-refractivity contribution is -0.117. The van der Waals surface area contributed by atoms with Crippen LogP contribution in [0.4, 0.5) is 5.69 Å². The number of nitrogens with two attached hydrogens (primary N) is 1. The van der Waals surface area contributed by atoms with Gasteiger partial charge in [0.05, 0.1) is 5.69 Å². The summed E-state index contributed by atoms with van der Waals surface area (Å²) in [6.07, 6.45) is 8.62. The summed E-state index contributed by atoms with van der Waals surface area (Å²) in [5.74, 6) is 0.367. The van der Waals surface area contributed by atoms with Crippen LogP contribution in [0, 0.1) is 5.92 Å². The van der Waals surface area contributed by atoms with E-state index in [0.29, 0.717) is 12.3 Å². The van der Waals surface area contributed by atoms with Gasteiger partial charge in [0, 0.05) is 30.5 Å². The molecular formula is C17H22N4O. The third-order valence-corrected chi connectivity index (χ3v) is 4.34. The van der Waals surface area contributed by atoms with Crippen LogP contribution in [0.25, 0.3) is 5.69 Å². The summed E-state index contributed by atoms with van der Waals surface area (Å²) in [5, 5.41) is 7.14. The lowest BCUT2D eigenvalue weighted by Crippen LogP contribution is -2.35. The molecule has 1 aromatic carbocycles. The number of nitrogens with zero attached hydrogens (tertiary/aromatic N) is 2. The molecule has 0 spiro atoms. The summed E-state index contributed by atoms with van der Waals surface area (Å²) in [4.78, 5) is 12.2. The van der Waals surface area contributed by atoms with Gasteiger partial charge < -0.3 is 11.1 Å². The van der Waals surface area contributed by atoms with Crippen molar-refractivity contribution in [2.75, 3.05) is 5.32 Å². The van der Waals surface area contributed by atoms with Gasteiger partial charge >= 0.3 is 0 Å². The van der Waals surface area contributed by atoms with E-state index in [2.05, 4.69) is 10.4 Å². The van der Waals surface area contributed by atoms with Gasteiger partial charge in [-0.15, -0.1) is 0 Å². The number of benzene rings is 1. The quantitative estimate of drug-likeness (QED) is 0.911. The Morgan fingerprint density at radius 2 is 2.05 bits per heavy atom. The van der Waals surface area contributed by atoms with Gasteiger partial charge in [-0.05, 0) is 49.1 Å². The average Bonchev–Trinajstić information content (AvgIpc) is 3.05. The lowest BCUT2D eigenvalue weighted by Gasteiger charge is -2.27. The van der Waals surface area contributed by atoms with Crippen LogP contribution in [0.3, 0.4) is 0 Å². The summed E-state index contributed by atoms with van der Waals surface area (Å²) in [5.41, 5.74) is 7.89. The first-order chi connectivity index (χ1) is 10.7. The van der Waals surface area contributed by atoms with E-state index in [4.69, 9.17) is 5.73 Å². The second kappa shape index (κ2) is 6.75. The first kappa shape index (κ1) is 14.8. The van der Waals surface area contributed by atoms with Crippen LogP contribution in [0.1, 0.15) is 32.1 Å². The highest BCUT2D eigenvalue weighted by atomic mass is 16.1. The van der Waals surface area contributed by atoms with Crippen molar-refractivity contribution in [1.29, 1.82) is 0 Å². The summed E-state index contributed by atoms with van der Waals surface area (Å²) >= 11 is 0. The molecule has 2 atom stereocenters. The molecule has 1 fully saturated rings. The zero-order valence-corrected chi connectivity index (χ0v) is 12.6. The molecule has 2 unspecified atom stereocenters. The smallest absolute Gasteiger partial charge is 0.224 e. The van der Waals surface area contributed by atoms with E-state index >= 15 is 0 Å². The number of anilines is 1. The fraction of sp³-hybridized carbons (Fsp3) is 0.412. The fourth-order valence-corrected chi connectivity index (χ4v) is 3.06. The third-order valence-electron chi connectivity index (χ3n) is 4.34. The highest BCUT2D eigenvalue weighted by Crippen LogP contribution is 2.26. The Kier molecular flexibility index (Phi) is 4.53. The summed E-state index contributed by atoms with van der Waals surface area (Å²) in [6.45, 7) is 0. The van der Waals surface area contributed by atoms with Crippen molar-refractivity contribution in [3.05, 3.63) is 42.7 Å². The molecule has 1 saturated carbocycles. The zero-order valence-electron chi connectivity index (χ0n) is 12.6. The van der Waals surface area contributed by atoms with Gasteiger partial charge in [-0.1, -0.05) is 12.8 Å². The van der Waals surface area contributed by atoms with E-state index in [1.807, 2.05) is 36.5 Å². The Bertz CT molecular complexity index is 606. The number of hydrogen-bond acceptors (Lipinski definition) is 3. The van der Waals surface area contributed by atoms with Gasteiger partial charge in [-0.25, -0.2) is 4.68 Å². The largest absolute Gasteiger partial charge is 0.327 e. The predicted octanol–water partition coefficient (Wildman–Crippen LogP) is 2.72. The van der Waals surface area contributed by atoms with E-state index in [0.717, 1.165) is 24.2 Å². The molecule has 3 N–H and O–H groups in total.